The minimum Gasteiger partial charge on any atom is -0.439 e. The molecule has 5 nitrogen and oxygen atoms in total. The van der Waals surface area contributed by atoms with Crippen LogP contribution in [0, 0.1) is 17.7 Å². The Labute approximate surface area is 170 Å². The van der Waals surface area contributed by atoms with Crippen LogP contribution in [0.3, 0.4) is 0 Å². The van der Waals surface area contributed by atoms with Crippen molar-refractivity contribution in [1.29, 1.82) is 0 Å². The number of amides is 1. The first-order chi connectivity index (χ1) is 12.2. The molecule has 3 rings (SSSR count). The molecule has 1 saturated carbocycles. The van der Waals surface area contributed by atoms with Crippen molar-refractivity contribution in [2.45, 2.75) is 25.8 Å². The van der Waals surface area contributed by atoms with Gasteiger partial charge in [0.15, 0.2) is 0 Å². The van der Waals surface area contributed by atoms with Gasteiger partial charge in [0.2, 0.25) is 11.8 Å². The van der Waals surface area contributed by atoms with Gasteiger partial charge >= 0.3 is 0 Å². The van der Waals surface area contributed by atoms with E-state index in [1.807, 2.05) is 6.07 Å². The predicted molar refractivity (Wildman–Crippen MR) is 107 cm³/mol. The van der Waals surface area contributed by atoms with E-state index in [4.69, 9.17) is 10.5 Å². The lowest BCUT2D eigenvalue weighted by Crippen LogP contribution is -2.34. The Balaban J connectivity index is 0.00000182. The summed E-state index contributed by atoms with van der Waals surface area (Å²) in [6.07, 6.45) is 4.65. The Morgan fingerprint density at radius 1 is 1.26 bits per heavy atom. The summed E-state index contributed by atoms with van der Waals surface area (Å²) in [4.78, 5) is 16.5. The molecule has 0 aliphatic heterocycles. The summed E-state index contributed by atoms with van der Waals surface area (Å²) in [5.74, 6) is 0.781. The van der Waals surface area contributed by atoms with Crippen LogP contribution in [0.4, 0.5) is 4.39 Å². The number of rotatable bonds is 6. The van der Waals surface area contributed by atoms with Gasteiger partial charge in [0.05, 0.1) is 0 Å². The molecule has 2 aromatic rings. The smallest absolute Gasteiger partial charge is 0.223 e. The number of ether oxygens (including phenoxy) is 1. The largest absolute Gasteiger partial charge is 0.439 e. The molecule has 0 unspecified atom stereocenters. The minimum absolute atomic E-state index is 0. The number of nitrogens with zero attached hydrogens (tertiary/aromatic N) is 1. The number of carbonyl (C=O) groups excluding carboxylic acids is 1. The van der Waals surface area contributed by atoms with Gasteiger partial charge < -0.3 is 15.8 Å². The van der Waals surface area contributed by atoms with E-state index in [0.29, 0.717) is 30.6 Å². The number of hydrogen-bond donors (Lipinski definition) is 2. The summed E-state index contributed by atoms with van der Waals surface area (Å²) in [7, 11) is 0. The molecule has 1 fully saturated rings. The zero-order chi connectivity index (χ0) is 17.6. The van der Waals surface area contributed by atoms with Crippen molar-refractivity contribution in [1.82, 2.24) is 10.3 Å². The quantitative estimate of drug-likeness (QED) is 0.750. The maximum atomic E-state index is 13.1. The van der Waals surface area contributed by atoms with E-state index < -0.39 is 0 Å². The van der Waals surface area contributed by atoms with E-state index in [0.717, 1.165) is 24.8 Å². The first kappa shape index (κ1) is 23.1. The van der Waals surface area contributed by atoms with Crippen LogP contribution in [0.1, 0.15) is 24.8 Å². The van der Waals surface area contributed by atoms with Crippen LogP contribution in [-0.4, -0.2) is 17.4 Å². The van der Waals surface area contributed by atoms with Gasteiger partial charge in [0, 0.05) is 30.8 Å². The number of aromatic nitrogens is 1. The topological polar surface area (TPSA) is 77.2 Å². The van der Waals surface area contributed by atoms with Gasteiger partial charge in [-0.05, 0) is 43.0 Å². The van der Waals surface area contributed by atoms with Crippen molar-refractivity contribution >= 4 is 30.7 Å². The first-order valence-corrected chi connectivity index (χ1v) is 8.52. The van der Waals surface area contributed by atoms with Crippen molar-refractivity contribution in [2.75, 3.05) is 6.54 Å². The van der Waals surface area contributed by atoms with Crippen LogP contribution in [0.2, 0.25) is 0 Å². The average Bonchev–Trinajstić information content (AvgIpc) is 3.10. The minimum atomic E-state index is -0.362. The average molecular weight is 416 g/mol. The van der Waals surface area contributed by atoms with Gasteiger partial charge in [-0.15, -0.1) is 24.8 Å². The molecular weight excluding hydrogens is 392 g/mol. The molecule has 1 aliphatic rings. The zero-order valence-corrected chi connectivity index (χ0v) is 16.4. The molecule has 1 aromatic heterocycles. The molecule has 148 valence electrons. The van der Waals surface area contributed by atoms with Gasteiger partial charge in [0.1, 0.15) is 11.6 Å². The second-order valence-corrected chi connectivity index (χ2v) is 6.32. The number of nitrogens with two attached hydrogens (primary N) is 1. The molecule has 3 N–H and O–H groups in total. The molecule has 0 saturated heterocycles. The van der Waals surface area contributed by atoms with E-state index in [1.54, 1.807) is 24.4 Å². The lowest BCUT2D eigenvalue weighted by Gasteiger charge is -2.17. The van der Waals surface area contributed by atoms with Gasteiger partial charge in [-0.25, -0.2) is 9.37 Å². The van der Waals surface area contributed by atoms with Gasteiger partial charge in [-0.2, -0.15) is 0 Å². The second-order valence-electron chi connectivity index (χ2n) is 6.32. The van der Waals surface area contributed by atoms with Crippen LogP contribution in [0.15, 0.2) is 42.6 Å². The Morgan fingerprint density at radius 3 is 2.74 bits per heavy atom. The Morgan fingerprint density at radius 2 is 2.07 bits per heavy atom. The Kier molecular flexibility index (Phi) is 9.49. The fraction of sp³-hybridized carbons (Fsp3) is 0.368. The molecule has 0 radical (unpaired) electrons. The van der Waals surface area contributed by atoms with Gasteiger partial charge in [-0.3, -0.25) is 4.79 Å². The first-order valence-electron chi connectivity index (χ1n) is 8.52. The number of nitrogens with one attached hydrogen (secondary N) is 1. The summed E-state index contributed by atoms with van der Waals surface area (Å²) in [6, 6.07) is 9.42. The highest BCUT2D eigenvalue weighted by atomic mass is 35.5. The molecule has 1 aromatic carbocycles. The summed E-state index contributed by atoms with van der Waals surface area (Å²) in [5, 5.41) is 2.96. The van der Waals surface area contributed by atoms with Crippen LogP contribution < -0.4 is 15.8 Å². The number of benzene rings is 1. The molecular formula is C19H24Cl2FN3O2. The highest BCUT2D eigenvalue weighted by molar-refractivity contribution is 5.85. The number of halogens is 3. The maximum absolute atomic E-state index is 13.1. The molecule has 1 heterocycles. The second kappa shape index (κ2) is 11.1. The zero-order valence-electron chi connectivity index (χ0n) is 14.8. The number of carbonyl (C=O) groups is 1. The molecule has 1 amide bonds. The van der Waals surface area contributed by atoms with Crippen LogP contribution in [0.5, 0.6) is 11.6 Å². The van der Waals surface area contributed by atoms with Crippen molar-refractivity contribution in [2.24, 2.45) is 17.6 Å². The maximum Gasteiger partial charge on any atom is 0.223 e. The predicted octanol–water partition coefficient (Wildman–Crippen LogP) is 3.85. The summed E-state index contributed by atoms with van der Waals surface area (Å²) >= 11 is 0. The molecule has 2 atom stereocenters. The molecule has 0 bridgehead atoms. The summed E-state index contributed by atoms with van der Waals surface area (Å²) in [5.41, 5.74) is 6.61. The van der Waals surface area contributed by atoms with E-state index in [-0.39, 0.29) is 42.5 Å². The van der Waals surface area contributed by atoms with E-state index in [2.05, 4.69) is 10.3 Å². The third-order valence-corrected chi connectivity index (χ3v) is 4.58. The third kappa shape index (κ3) is 6.34. The van der Waals surface area contributed by atoms with E-state index in [1.165, 1.54) is 12.1 Å². The summed E-state index contributed by atoms with van der Waals surface area (Å²) in [6.45, 7) is 0.978. The molecule has 8 heteroatoms. The fourth-order valence-corrected chi connectivity index (χ4v) is 3.21. The van der Waals surface area contributed by atoms with Crippen molar-refractivity contribution in [3.05, 3.63) is 54.0 Å². The highest BCUT2D eigenvalue weighted by Gasteiger charge is 2.31. The Hall–Kier alpha value is -1.89. The summed E-state index contributed by atoms with van der Waals surface area (Å²) < 4.78 is 18.6. The molecule has 1 aliphatic carbocycles. The van der Waals surface area contributed by atoms with Crippen LogP contribution >= 0.6 is 24.8 Å². The third-order valence-electron chi connectivity index (χ3n) is 4.58. The lowest BCUT2D eigenvalue weighted by atomic mass is 9.95. The number of pyridine rings is 1. The monoisotopic (exact) mass is 415 g/mol. The lowest BCUT2D eigenvalue weighted by molar-refractivity contribution is -0.126. The van der Waals surface area contributed by atoms with Crippen molar-refractivity contribution in [3.63, 3.8) is 0 Å². The standard InChI is InChI=1S/C19H22FN3O2.2ClH/c20-15-4-2-5-16(9-15)25-18-8-7-13(11-22-18)12-23-19(24)17-6-1-3-14(17)10-21;;/h2,4-5,7-9,11,14,17H,1,3,6,10,12,21H2,(H,23,24);2*1H/t14-,17-;;/m1../s1. The normalized spacial score (nSPS) is 18.1. The molecule has 0 spiro atoms. The van der Waals surface area contributed by atoms with Crippen LogP contribution in [-0.2, 0) is 11.3 Å². The van der Waals surface area contributed by atoms with Crippen LogP contribution in [0.25, 0.3) is 0 Å². The van der Waals surface area contributed by atoms with E-state index >= 15 is 0 Å². The fourth-order valence-electron chi connectivity index (χ4n) is 3.21. The number of hydrogen-bond acceptors (Lipinski definition) is 4. The van der Waals surface area contributed by atoms with Gasteiger partial charge in [0.25, 0.3) is 0 Å². The Bertz CT molecular complexity index is 731. The van der Waals surface area contributed by atoms with E-state index in [9.17, 15) is 9.18 Å². The van der Waals surface area contributed by atoms with Crippen molar-refractivity contribution in [3.8, 4) is 11.6 Å². The van der Waals surface area contributed by atoms with Gasteiger partial charge in [-0.1, -0.05) is 18.6 Å². The molecule has 27 heavy (non-hydrogen) atoms. The SMILES string of the molecule is Cl.Cl.NC[C@H]1CCC[C@H]1C(=O)NCc1ccc(Oc2cccc(F)c2)nc1. The highest BCUT2D eigenvalue weighted by Crippen LogP contribution is 2.31. The van der Waals surface area contributed by atoms with Crippen molar-refractivity contribution < 1.29 is 13.9 Å².